The van der Waals surface area contributed by atoms with E-state index in [2.05, 4.69) is 34.6 Å². The molecule has 242 valence electrons. The molecule has 2 fully saturated rings. The molecule has 41 heavy (non-hydrogen) atoms. The summed E-state index contributed by atoms with van der Waals surface area (Å²) in [5.41, 5.74) is 0. The van der Waals surface area contributed by atoms with E-state index in [0.717, 1.165) is 57.8 Å². The van der Waals surface area contributed by atoms with E-state index in [0.29, 0.717) is 19.4 Å². The number of aliphatic hydroxyl groups is 1. The van der Waals surface area contributed by atoms with Gasteiger partial charge < -0.3 is 19.0 Å². The summed E-state index contributed by atoms with van der Waals surface area (Å²) in [6.07, 6.45) is 15.9. The summed E-state index contributed by atoms with van der Waals surface area (Å²) in [6.45, 7) is 15.4. The summed E-state index contributed by atoms with van der Waals surface area (Å²) < 4.78 is 50.4. The highest BCUT2D eigenvalue weighted by atomic mass is 28.4. The van der Waals surface area contributed by atoms with Crippen molar-refractivity contribution in [3.05, 3.63) is 12.2 Å². The first-order chi connectivity index (χ1) is 19.3. The van der Waals surface area contributed by atoms with E-state index in [1.165, 1.54) is 25.7 Å². The number of hydrogen-bond acceptors (Lipinski definition) is 4. The van der Waals surface area contributed by atoms with Gasteiger partial charge in [-0.3, -0.25) is 0 Å². The van der Waals surface area contributed by atoms with Gasteiger partial charge in [-0.05, 0) is 56.2 Å². The molecule has 6 atom stereocenters. The molecule has 0 aromatic heterocycles. The highest BCUT2D eigenvalue weighted by Crippen LogP contribution is 2.43. The topological polar surface area (TPSA) is 47.9 Å². The molecule has 0 aromatic rings. The van der Waals surface area contributed by atoms with Crippen LogP contribution in [0.15, 0.2) is 12.2 Å². The van der Waals surface area contributed by atoms with Crippen molar-refractivity contribution in [1.29, 1.82) is 0 Å². The van der Waals surface area contributed by atoms with Crippen molar-refractivity contribution in [3.8, 4) is 0 Å². The molecule has 0 aromatic carbocycles. The van der Waals surface area contributed by atoms with Crippen molar-refractivity contribution < 1.29 is 27.8 Å². The van der Waals surface area contributed by atoms with E-state index in [1.807, 2.05) is 19.2 Å². The van der Waals surface area contributed by atoms with Crippen LogP contribution in [0.5, 0.6) is 0 Å². The van der Waals surface area contributed by atoms with Crippen molar-refractivity contribution in [2.45, 2.75) is 186 Å². The lowest BCUT2D eigenvalue weighted by Gasteiger charge is -2.40. The minimum Gasteiger partial charge on any atom is -0.404 e. The first kappa shape index (κ1) is 36.8. The van der Waals surface area contributed by atoms with Gasteiger partial charge >= 0.3 is 0 Å². The molecule has 0 spiro atoms. The maximum atomic E-state index is 15.8. The van der Waals surface area contributed by atoms with Crippen molar-refractivity contribution in [2.75, 3.05) is 6.61 Å². The third-order valence-corrected chi connectivity index (χ3v) is 14.2. The van der Waals surface area contributed by atoms with Crippen molar-refractivity contribution in [2.24, 2.45) is 11.8 Å². The first-order valence-electron chi connectivity index (χ1n) is 17.0. The number of halogens is 2. The van der Waals surface area contributed by atoms with Gasteiger partial charge in [0.25, 0.3) is 5.92 Å². The number of hydrogen-bond donors (Lipinski definition) is 1. The lowest BCUT2D eigenvalue weighted by molar-refractivity contribution is -0.193. The van der Waals surface area contributed by atoms with E-state index in [1.54, 1.807) is 6.08 Å². The Hall–Kier alpha value is -0.343. The lowest BCUT2D eigenvalue weighted by atomic mass is 9.87. The summed E-state index contributed by atoms with van der Waals surface area (Å²) in [6, 6.07) is 0. The molecule has 4 nitrogen and oxygen atoms in total. The second-order valence-corrected chi connectivity index (χ2v) is 19.1. The molecule has 1 N–H and O–H groups in total. The highest BCUT2D eigenvalue weighted by Gasteiger charge is 2.47. The van der Waals surface area contributed by atoms with Gasteiger partial charge in [-0.25, -0.2) is 8.78 Å². The maximum Gasteiger partial charge on any atom is 0.276 e. The zero-order chi connectivity index (χ0) is 30.5. The normalized spacial score (nSPS) is 27.1. The average molecular weight is 603 g/mol. The Morgan fingerprint density at radius 2 is 1.59 bits per heavy atom. The third-order valence-electron chi connectivity index (χ3n) is 9.76. The average Bonchev–Trinajstić information content (AvgIpc) is 3.19. The molecule has 2 aliphatic rings. The standard InChI is InChI=1S/C34H64F2O4Si/c1-8-10-12-14-15-16-20-27-28(30(26-29(27)37)39-32-21-17-19-25-38-32)22-23-31(40-41(6,7)33(3,4)5)34(35,36)24-18-13-11-9-2/h22-23,27-32,37H,8-21,24-26H2,1-7H3/t27?,28-,29?,30?,31?,32?/m1/s1. The van der Waals surface area contributed by atoms with Crippen LogP contribution in [0.1, 0.15) is 137 Å². The molecule has 1 saturated heterocycles. The summed E-state index contributed by atoms with van der Waals surface area (Å²) >= 11 is 0. The van der Waals surface area contributed by atoms with Crippen LogP contribution in [0.3, 0.4) is 0 Å². The third kappa shape index (κ3) is 12.3. The monoisotopic (exact) mass is 602 g/mol. The predicted molar refractivity (Wildman–Crippen MR) is 169 cm³/mol. The second-order valence-electron chi connectivity index (χ2n) is 14.3. The quantitative estimate of drug-likeness (QED) is 0.0908. The Balaban J connectivity index is 2.27. The first-order valence-corrected chi connectivity index (χ1v) is 19.9. The molecular weight excluding hydrogens is 538 g/mol. The fraction of sp³-hybridized carbons (Fsp3) is 0.941. The van der Waals surface area contributed by atoms with Crippen LogP contribution in [0.2, 0.25) is 18.1 Å². The van der Waals surface area contributed by atoms with E-state index < -0.39 is 26.4 Å². The smallest absolute Gasteiger partial charge is 0.276 e. The molecule has 0 radical (unpaired) electrons. The molecule has 1 saturated carbocycles. The van der Waals surface area contributed by atoms with Crippen LogP contribution in [0.25, 0.3) is 0 Å². The number of rotatable bonds is 19. The number of alkyl halides is 2. The van der Waals surface area contributed by atoms with Gasteiger partial charge in [-0.2, -0.15) is 0 Å². The summed E-state index contributed by atoms with van der Waals surface area (Å²) in [5, 5.41) is 11.0. The molecule has 1 heterocycles. The molecule has 0 bridgehead atoms. The lowest BCUT2D eigenvalue weighted by Crippen LogP contribution is -2.48. The SMILES string of the molecule is CCCCCCCCC1C(O)CC(OC2CCCCO2)[C@@H]1C=CC(O[Si](C)(C)C(C)(C)C)C(F)(F)CCCCCC. The van der Waals surface area contributed by atoms with Gasteiger partial charge in [0, 0.05) is 25.4 Å². The van der Waals surface area contributed by atoms with E-state index in [9.17, 15) is 5.11 Å². The molecule has 1 aliphatic carbocycles. The zero-order valence-corrected chi connectivity index (χ0v) is 28.6. The Kier molecular flexibility index (Phi) is 16.0. The van der Waals surface area contributed by atoms with E-state index in [-0.39, 0.29) is 35.7 Å². The molecule has 1 aliphatic heterocycles. The predicted octanol–water partition coefficient (Wildman–Crippen LogP) is 10.2. The number of ether oxygens (including phenoxy) is 2. The van der Waals surface area contributed by atoms with Gasteiger partial charge in [0.15, 0.2) is 14.6 Å². The fourth-order valence-corrected chi connectivity index (χ4v) is 7.23. The van der Waals surface area contributed by atoms with Crippen molar-refractivity contribution in [1.82, 2.24) is 0 Å². The summed E-state index contributed by atoms with van der Waals surface area (Å²) in [4.78, 5) is 0. The second kappa shape index (κ2) is 17.8. The zero-order valence-electron chi connectivity index (χ0n) is 27.6. The van der Waals surface area contributed by atoms with Gasteiger partial charge in [-0.15, -0.1) is 0 Å². The van der Waals surface area contributed by atoms with Crippen molar-refractivity contribution in [3.63, 3.8) is 0 Å². The minimum atomic E-state index is -2.95. The van der Waals surface area contributed by atoms with Crippen LogP contribution >= 0.6 is 0 Å². The molecular formula is C34H64F2O4Si. The Morgan fingerprint density at radius 1 is 0.951 bits per heavy atom. The molecule has 0 amide bonds. The summed E-state index contributed by atoms with van der Waals surface area (Å²) in [7, 11) is -2.46. The highest BCUT2D eigenvalue weighted by molar-refractivity contribution is 6.74. The van der Waals surface area contributed by atoms with Crippen molar-refractivity contribution >= 4 is 8.32 Å². The van der Waals surface area contributed by atoms with Gasteiger partial charge in [-0.1, -0.05) is 105 Å². The Bertz CT molecular complexity index is 733. The Morgan fingerprint density at radius 3 is 2.20 bits per heavy atom. The van der Waals surface area contributed by atoms with E-state index >= 15 is 8.78 Å². The summed E-state index contributed by atoms with van der Waals surface area (Å²) in [5.74, 6) is -3.08. The molecule has 5 unspecified atom stereocenters. The molecule has 2 rings (SSSR count). The van der Waals surface area contributed by atoms with Gasteiger partial charge in [0.1, 0.15) is 6.10 Å². The Labute approximate surface area is 252 Å². The fourth-order valence-electron chi connectivity index (χ4n) is 5.99. The number of unbranched alkanes of at least 4 members (excludes halogenated alkanes) is 8. The van der Waals surface area contributed by atoms with Crippen LogP contribution in [0, 0.1) is 11.8 Å². The van der Waals surface area contributed by atoms with Crippen LogP contribution in [0.4, 0.5) is 8.78 Å². The van der Waals surface area contributed by atoms with Gasteiger partial charge in [0.2, 0.25) is 0 Å². The maximum absolute atomic E-state index is 15.8. The van der Waals surface area contributed by atoms with Crippen LogP contribution in [-0.2, 0) is 13.9 Å². The van der Waals surface area contributed by atoms with Crippen LogP contribution in [-0.4, -0.2) is 50.6 Å². The molecule has 7 heteroatoms. The minimum absolute atomic E-state index is 0.00212. The van der Waals surface area contributed by atoms with Crippen LogP contribution < -0.4 is 0 Å². The number of aliphatic hydroxyl groups excluding tert-OH is 1. The largest absolute Gasteiger partial charge is 0.404 e. The van der Waals surface area contributed by atoms with E-state index in [4.69, 9.17) is 13.9 Å². The van der Waals surface area contributed by atoms with Gasteiger partial charge in [0.05, 0.1) is 12.2 Å².